The van der Waals surface area contributed by atoms with Crippen LogP contribution in [0.2, 0.25) is 0 Å². The number of nitrogens with one attached hydrogen (secondary N) is 1. The molecule has 0 bridgehead atoms. The molecule has 6 heteroatoms. The summed E-state index contributed by atoms with van der Waals surface area (Å²) in [6.07, 6.45) is 0. The zero-order valence-corrected chi connectivity index (χ0v) is 9.32. The number of aliphatic hydroxyl groups excluding tert-OH is 1. The maximum Gasteiger partial charge on any atom is 0.330 e. The maximum absolute atomic E-state index is 11.5. The summed E-state index contributed by atoms with van der Waals surface area (Å²) in [5.41, 5.74) is 0. The fourth-order valence-corrected chi connectivity index (χ4v) is 1.07. The molecule has 0 aromatic rings. The number of hydrogen-bond acceptors (Lipinski definition) is 4. The SMILES string of the molecule is CCN(CC)C(=O)NC(CO)C(=O)OC. The highest BCUT2D eigenvalue weighted by Gasteiger charge is 2.22. The number of carbonyl (C=O) groups is 2. The third-order valence-corrected chi connectivity index (χ3v) is 2.02. The van der Waals surface area contributed by atoms with E-state index in [9.17, 15) is 9.59 Å². The number of ether oxygens (including phenoxy) is 1. The lowest BCUT2D eigenvalue weighted by atomic mass is 10.3. The number of urea groups is 1. The number of methoxy groups -OCH3 is 1. The molecule has 0 aliphatic carbocycles. The molecule has 0 aromatic carbocycles. The molecule has 2 N–H and O–H groups in total. The molecule has 0 fully saturated rings. The van der Waals surface area contributed by atoms with E-state index in [0.717, 1.165) is 0 Å². The third-order valence-electron chi connectivity index (χ3n) is 2.02. The third kappa shape index (κ3) is 4.16. The van der Waals surface area contributed by atoms with E-state index in [0.29, 0.717) is 13.1 Å². The first kappa shape index (κ1) is 13.7. The second kappa shape index (κ2) is 7.05. The van der Waals surface area contributed by atoms with Gasteiger partial charge in [-0.25, -0.2) is 9.59 Å². The topological polar surface area (TPSA) is 78.9 Å². The van der Waals surface area contributed by atoms with Gasteiger partial charge >= 0.3 is 12.0 Å². The average Bonchev–Trinajstić information content (AvgIpc) is 2.26. The molecule has 1 atom stereocenters. The molecule has 0 spiro atoms. The fraction of sp³-hybridized carbons (Fsp3) is 0.778. The maximum atomic E-state index is 11.5. The van der Waals surface area contributed by atoms with Gasteiger partial charge in [-0.15, -0.1) is 0 Å². The number of rotatable bonds is 5. The van der Waals surface area contributed by atoms with E-state index in [1.165, 1.54) is 12.0 Å². The predicted molar refractivity (Wildman–Crippen MR) is 54.3 cm³/mol. The Hall–Kier alpha value is -1.30. The minimum atomic E-state index is -0.997. The number of hydrogen-bond donors (Lipinski definition) is 2. The first-order valence-corrected chi connectivity index (χ1v) is 4.84. The molecule has 0 heterocycles. The molecule has 1 unspecified atom stereocenters. The zero-order valence-electron chi connectivity index (χ0n) is 9.32. The van der Waals surface area contributed by atoms with Crippen molar-refractivity contribution in [2.75, 3.05) is 26.8 Å². The van der Waals surface area contributed by atoms with E-state index >= 15 is 0 Å². The number of aliphatic hydroxyl groups is 1. The van der Waals surface area contributed by atoms with Crippen molar-refractivity contribution in [3.8, 4) is 0 Å². The molecule has 0 aliphatic heterocycles. The molecule has 0 radical (unpaired) electrons. The Morgan fingerprint density at radius 1 is 1.40 bits per heavy atom. The molecule has 0 aromatic heterocycles. The van der Waals surface area contributed by atoms with Crippen molar-refractivity contribution in [3.63, 3.8) is 0 Å². The minimum Gasteiger partial charge on any atom is -0.467 e. The van der Waals surface area contributed by atoms with Crippen LogP contribution in [0.3, 0.4) is 0 Å². The van der Waals surface area contributed by atoms with Crippen LogP contribution in [0.25, 0.3) is 0 Å². The van der Waals surface area contributed by atoms with Gasteiger partial charge in [0.2, 0.25) is 0 Å². The molecule has 0 rings (SSSR count). The van der Waals surface area contributed by atoms with Crippen LogP contribution in [0, 0.1) is 0 Å². The lowest BCUT2D eigenvalue weighted by Crippen LogP contribution is -2.49. The Balaban J connectivity index is 4.29. The van der Waals surface area contributed by atoms with Crippen molar-refractivity contribution in [3.05, 3.63) is 0 Å². The standard InChI is InChI=1S/C9H18N2O4/c1-4-11(5-2)9(14)10-7(6-12)8(13)15-3/h7,12H,4-6H2,1-3H3,(H,10,14). The Bertz CT molecular complexity index is 216. The van der Waals surface area contributed by atoms with Gasteiger partial charge < -0.3 is 20.1 Å². The van der Waals surface area contributed by atoms with Gasteiger partial charge in [0, 0.05) is 13.1 Å². The van der Waals surface area contributed by atoms with E-state index in [-0.39, 0.29) is 6.03 Å². The van der Waals surface area contributed by atoms with Crippen LogP contribution in [-0.4, -0.2) is 54.9 Å². The molecule has 0 aliphatic rings. The van der Waals surface area contributed by atoms with Gasteiger partial charge in [0.15, 0.2) is 6.04 Å². The summed E-state index contributed by atoms with van der Waals surface area (Å²) in [4.78, 5) is 24.1. The number of esters is 1. The fourth-order valence-electron chi connectivity index (χ4n) is 1.07. The summed E-state index contributed by atoms with van der Waals surface area (Å²) in [5.74, 6) is -0.655. The van der Waals surface area contributed by atoms with Gasteiger partial charge in [-0.05, 0) is 13.8 Å². The van der Waals surface area contributed by atoms with Gasteiger partial charge in [-0.3, -0.25) is 0 Å². The summed E-state index contributed by atoms with van der Waals surface area (Å²) in [6.45, 7) is 4.27. The highest BCUT2D eigenvalue weighted by atomic mass is 16.5. The Kier molecular flexibility index (Phi) is 6.44. The van der Waals surface area contributed by atoms with Crippen molar-refractivity contribution in [1.82, 2.24) is 10.2 Å². The highest BCUT2D eigenvalue weighted by Crippen LogP contribution is 1.92. The van der Waals surface area contributed by atoms with Crippen molar-refractivity contribution < 1.29 is 19.4 Å². The van der Waals surface area contributed by atoms with Crippen molar-refractivity contribution in [2.45, 2.75) is 19.9 Å². The lowest BCUT2D eigenvalue weighted by Gasteiger charge is -2.22. The van der Waals surface area contributed by atoms with Gasteiger partial charge in [0.05, 0.1) is 13.7 Å². The van der Waals surface area contributed by atoms with E-state index in [2.05, 4.69) is 10.1 Å². The van der Waals surface area contributed by atoms with E-state index < -0.39 is 18.6 Å². The van der Waals surface area contributed by atoms with Gasteiger partial charge in [-0.1, -0.05) is 0 Å². The normalized spacial score (nSPS) is 11.7. The molecule has 6 nitrogen and oxygen atoms in total. The molecule has 15 heavy (non-hydrogen) atoms. The summed E-state index contributed by atoms with van der Waals surface area (Å²) >= 11 is 0. The smallest absolute Gasteiger partial charge is 0.330 e. The van der Waals surface area contributed by atoms with Gasteiger partial charge in [0.1, 0.15) is 0 Å². The van der Waals surface area contributed by atoms with Crippen LogP contribution in [0.5, 0.6) is 0 Å². The summed E-state index contributed by atoms with van der Waals surface area (Å²) < 4.78 is 4.42. The molecular formula is C9H18N2O4. The van der Waals surface area contributed by atoms with Crippen molar-refractivity contribution in [2.24, 2.45) is 0 Å². The second-order valence-electron chi connectivity index (χ2n) is 2.88. The highest BCUT2D eigenvalue weighted by molar-refractivity contribution is 5.83. The Morgan fingerprint density at radius 3 is 2.27 bits per heavy atom. The number of nitrogens with zero attached hydrogens (tertiary/aromatic N) is 1. The largest absolute Gasteiger partial charge is 0.467 e. The minimum absolute atomic E-state index is 0.385. The molecule has 2 amide bonds. The van der Waals surface area contributed by atoms with Gasteiger partial charge in [0.25, 0.3) is 0 Å². The van der Waals surface area contributed by atoms with E-state index in [4.69, 9.17) is 5.11 Å². The first-order chi connectivity index (χ1) is 7.10. The summed E-state index contributed by atoms with van der Waals surface area (Å²) in [5, 5.41) is 11.3. The monoisotopic (exact) mass is 218 g/mol. The molecule has 88 valence electrons. The Morgan fingerprint density at radius 2 is 1.93 bits per heavy atom. The average molecular weight is 218 g/mol. The number of amides is 2. The quantitative estimate of drug-likeness (QED) is 0.614. The van der Waals surface area contributed by atoms with Crippen molar-refractivity contribution in [1.29, 1.82) is 0 Å². The molecular weight excluding hydrogens is 200 g/mol. The van der Waals surface area contributed by atoms with E-state index in [1.54, 1.807) is 0 Å². The molecule has 0 saturated carbocycles. The first-order valence-electron chi connectivity index (χ1n) is 4.84. The lowest BCUT2D eigenvalue weighted by molar-refractivity contribution is -0.143. The van der Waals surface area contributed by atoms with Crippen LogP contribution in [0.4, 0.5) is 4.79 Å². The molecule has 0 saturated heterocycles. The van der Waals surface area contributed by atoms with E-state index in [1.807, 2.05) is 13.8 Å². The van der Waals surface area contributed by atoms with Crippen LogP contribution in [-0.2, 0) is 9.53 Å². The predicted octanol–water partition coefficient (Wildman–Crippen LogP) is -0.428. The van der Waals surface area contributed by atoms with Crippen LogP contribution >= 0.6 is 0 Å². The second-order valence-corrected chi connectivity index (χ2v) is 2.88. The van der Waals surface area contributed by atoms with Crippen LogP contribution in [0.1, 0.15) is 13.8 Å². The number of carbonyl (C=O) groups excluding carboxylic acids is 2. The van der Waals surface area contributed by atoms with Crippen LogP contribution in [0.15, 0.2) is 0 Å². The Labute approximate surface area is 89.2 Å². The summed E-state index contributed by atoms with van der Waals surface area (Å²) in [7, 11) is 1.20. The van der Waals surface area contributed by atoms with Gasteiger partial charge in [-0.2, -0.15) is 0 Å². The van der Waals surface area contributed by atoms with Crippen molar-refractivity contribution >= 4 is 12.0 Å². The van der Waals surface area contributed by atoms with Crippen LogP contribution < -0.4 is 5.32 Å². The summed E-state index contributed by atoms with van der Waals surface area (Å²) in [6, 6.07) is -1.38. The zero-order chi connectivity index (χ0) is 11.8.